The van der Waals surface area contributed by atoms with Crippen molar-refractivity contribution in [2.75, 3.05) is 7.05 Å². The molecule has 1 amide bonds. The molecule has 1 aromatic heterocycles. The van der Waals surface area contributed by atoms with Gasteiger partial charge in [-0.15, -0.1) is 13.2 Å². The van der Waals surface area contributed by atoms with Crippen molar-refractivity contribution in [3.63, 3.8) is 0 Å². The van der Waals surface area contributed by atoms with Crippen LogP contribution in [0.2, 0.25) is 5.02 Å². The number of alkyl halides is 3. The molecule has 2 aromatic carbocycles. The first-order valence-corrected chi connectivity index (χ1v) is 8.51. The van der Waals surface area contributed by atoms with E-state index in [0.717, 1.165) is 0 Å². The minimum absolute atomic E-state index is 0.0671. The maximum absolute atomic E-state index is 12.7. The molecule has 0 N–H and O–H groups in total. The predicted molar refractivity (Wildman–Crippen MR) is 97.5 cm³/mol. The number of amides is 1. The van der Waals surface area contributed by atoms with Gasteiger partial charge in [-0.2, -0.15) is 5.10 Å². The Labute approximate surface area is 163 Å². The van der Waals surface area contributed by atoms with E-state index in [1.54, 1.807) is 30.3 Å². The molecule has 146 valence electrons. The summed E-state index contributed by atoms with van der Waals surface area (Å²) >= 11 is 6.13. The average molecular weight is 410 g/mol. The molecule has 0 atom stereocenters. The van der Waals surface area contributed by atoms with Crippen LogP contribution < -0.4 is 4.74 Å². The average Bonchev–Trinajstić information content (AvgIpc) is 3.11. The van der Waals surface area contributed by atoms with Gasteiger partial charge in [0.2, 0.25) is 0 Å². The van der Waals surface area contributed by atoms with Gasteiger partial charge < -0.3 is 9.64 Å². The lowest BCUT2D eigenvalue weighted by atomic mass is 10.2. The molecule has 0 bridgehead atoms. The van der Waals surface area contributed by atoms with E-state index in [1.807, 2.05) is 0 Å². The molecule has 3 rings (SSSR count). The van der Waals surface area contributed by atoms with Gasteiger partial charge in [-0.05, 0) is 18.2 Å². The molecule has 1 heterocycles. The third kappa shape index (κ3) is 4.64. The van der Waals surface area contributed by atoms with Gasteiger partial charge in [0.05, 0.1) is 22.5 Å². The summed E-state index contributed by atoms with van der Waals surface area (Å²) in [7, 11) is 1.49. The number of halogens is 4. The van der Waals surface area contributed by atoms with Crippen LogP contribution in [-0.4, -0.2) is 34.0 Å². The van der Waals surface area contributed by atoms with Crippen molar-refractivity contribution in [1.82, 2.24) is 14.7 Å². The Morgan fingerprint density at radius 3 is 2.57 bits per heavy atom. The first-order valence-electron chi connectivity index (χ1n) is 8.13. The smallest absolute Gasteiger partial charge is 0.405 e. The predicted octanol–water partition coefficient (Wildman–Crippen LogP) is 4.70. The zero-order chi connectivity index (χ0) is 20.3. The molecule has 0 aliphatic heterocycles. The molecule has 0 saturated carbocycles. The van der Waals surface area contributed by atoms with E-state index in [1.165, 1.54) is 47.2 Å². The number of benzene rings is 2. The number of rotatable bonds is 5. The van der Waals surface area contributed by atoms with E-state index in [2.05, 4.69) is 9.84 Å². The van der Waals surface area contributed by atoms with E-state index in [9.17, 15) is 18.0 Å². The molecular formula is C19H15ClF3N3O2. The summed E-state index contributed by atoms with van der Waals surface area (Å²) < 4.78 is 43.2. The third-order valence-electron chi connectivity index (χ3n) is 3.88. The Balaban J connectivity index is 1.77. The molecular weight excluding hydrogens is 395 g/mol. The van der Waals surface area contributed by atoms with Crippen LogP contribution in [0.15, 0.2) is 60.9 Å². The zero-order valence-corrected chi connectivity index (χ0v) is 15.4. The third-order valence-corrected chi connectivity index (χ3v) is 4.20. The van der Waals surface area contributed by atoms with E-state index < -0.39 is 12.3 Å². The quantitative estimate of drug-likeness (QED) is 0.614. The number of hydrogen-bond acceptors (Lipinski definition) is 3. The van der Waals surface area contributed by atoms with Crippen LogP contribution in [-0.2, 0) is 6.54 Å². The van der Waals surface area contributed by atoms with E-state index in [-0.39, 0.29) is 23.4 Å². The number of para-hydroxylation sites is 2. The number of carbonyl (C=O) groups excluding carboxylic acids is 1. The van der Waals surface area contributed by atoms with Crippen molar-refractivity contribution in [2.24, 2.45) is 0 Å². The monoisotopic (exact) mass is 409 g/mol. The molecule has 0 aliphatic carbocycles. The number of hydrogen-bond donors (Lipinski definition) is 0. The minimum atomic E-state index is -4.81. The number of aromatic nitrogens is 2. The molecule has 5 nitrogen and oxygen atoms in total. The second-order valence-electron chi connectivity index (χ2n) is 5.94. The van der Waals surface area contributed by atoms with Crippen molar-refractivity contribution in [3.05, 3.63) is 77.1 Å². The van der Waals surface area contributed by atoms with Crippen LogP contribution in [0.1, 0.15) is 15.9 Å². The molecule has 28 heavy (non-hydrogen) atoms. The van der Waals surface area contributed by atoms with Crippen molar-refractivity contribution in [2.45, 2.75) is 12.9 Å². The summed E-state index contributed by atoms with van der Waals surface area (Å²) in [5.41, 5.74) is 1.11. The van der Waals surface area contributed by atoms with Gasteiger partial charge in [0.25, 0.3) is 5.91 Å². The van der Waals surface area contributed by atoms with Crippen molar-refractivity contribution >= 4 is 17.5 Å². The fourth-order valence-corrected chi connectivity index (χ4v) is 2.83. The fourth-order valence-electron chi connectivity index (χ4n) is 2.61. The van der Waals surface area contributed by atoms with Gasteiger partial charge in [0.15, 0.2) is 0 Å². The topological polar surface area (TPSA) is 47.4 Å². The van der Waals surface area contributed by atoms with E-state index in [0.29, 0.717) is 10.7 Å². The van der Waals surface area contributed by atoms with Crippen molar-refractivity contribution < 1.29 is 22.7 Å². The summed E-state index contributed by atoms with van der Waals surface area (Å²) in [5.74, 6) is -0.749. The summed E-state index contributed by atoms with van der Waals surface area (Å²) in [4.78, 5) is 13.9. The van der Waals surface area contributed by atoms with Crippen LogP contribution in [0.25, 0.3) is 5.69 Å². The van der Waals surface area contributed by atoms with Gasteiger partial charge in [0, 0.05) is 25.4 Å². The molecule has 0 radical (unpaired) electrons. The Morgan fingerprint density at radius 2 is 1.86 bits per heavy atom. The largest absolute Gasteiger partial charge is 0.573 e. The highest BCUT2D eigenvalue weighted by molar-refractivity contribution is 6.32. The van der Waals surface area contributed by atoms with Gasteiger partial charge in [-0.1, -0.05) is 41.9 Å². The van der Waals surface area contributed by atoms with Crippen LogP contribution in [0.4, 0.5) is 13.2 Å². The highest BCUT2D eigenvalue weighted by atomic mass is 35.5. The standard InChI is InChI=1S/C19H15ClF3N3O2/c1-25(11-13-6-2-5-9-17(13)28-19(21,22)23)18(27)14-10-24-26(12-14)16-8-4-3-7-15(16)20/h2-10,12H,11H2,1H3. The lowest BCUT2D eigenvalue weighted by Crippen LogP contribution is -2.27. The number of ether oxygens (including phenoxy) is 1. The van der Waals surface area contributed by atoms with Gasteiger partial charge >= 0.3 is 6.36 Å². The number of carbonyl (C=O) groups is 1. The second kappa shape index (κ2) is 7.93. The Kier molecular flexibility index (Phi) is 5.60. The molecule has 3 aromatic rings. The van der Waals surface area contributed by atoms with E-state index >= 15 is 0 Å². The molecule has 0 saturated heterocycles. The van der Waals surface area contributed by atoms with Crippen LogP contribution >= 0.6 is 11.6 Å². The highest BCUT2D eigenvalue weighted by Crippen LogP contribution is 2.27. The lowest BCUT2D eigenvalue weighted by molar-refractivity contribution is -0.275. The van der Waals surface area contributed by atoms with Crippen molar-refractivity contribution in [1.29, 1.82) is 0 Å². The molecule has 9 heteroatoms. The Hall–Kier alpha value is -3.00. The summed E-state index contributed by atoms with van der Waals surface area (Å²) in [6, 6.07) is 12.7. The lowest BCUT2D eigenvalue weighted by Gasteiger charge is -2.19. The van der Waals surface area contributed by atoms with E-state index in [4.69, 9.17) is 11.6 Å². The first-order chi connectivity index (χ1) is 13.2. The minimum Gasteiger partial charge on any atom is -0.405 e. The van der Waals surface area contributed by atoms with Crippen LogP contribution in [0, 0.1) is 0 Å². The second-order valence-corrected chi connectivity index (χ2v) is 6.35. The fraction of sp³-hybridized carbons (Fsp3) is 0.158. The maximum atomic E-state index is 12.7. The zero-order valence-electron chi connectivity index (χ0n) is 14.7. The van der Waals surface area contributed by atoms with Crippen molar-refractivity contribution in [3.8, 4) is 11.4 Å². The molecule has 0 aliphatic rings. The number of nitrogens with zero attached hydrogens (tertiary/aromatic N) is 3. The molecule has 0 spiro atoms. The first kappa shape index (κ1) is 19.8. The summed E-state index contributed by atoms with van der Waals surface area (Å²) in [6.07, 6.45) is -1.92. The van der Waals surface area contributed by atoms with Gasteiger partial charge in [-0.25, -0.2) is 4.68 Å². The van der Waals surface area contributed by atoms with Crippen LogP contribution in [0.5, 0.6) is 5.75 Å². The Morgan fingerprint density at radius 1 is 1.18 bits per heavy atom. The van der Waals surface area contributed by atoms with Gasteiger partial charge in [0.1, 0.15) is 5.75 Å². The summed E-state index contributed by atoms with van der Waals surface area (Å²) in [6.45, 7) is -0.0671. The molecule has 0 unspecified atom stereocenters. The maximum Gasteiger partial charge on any atom is 0.573 e. The Bertz CT molecular complexity index is 988. The van der Waals surface area contributed by atoms with Gasteiger partial charge in [-0.3, -0.25) is 4.79 Å². The summed E-state index contributed by atoms with van der Waals surface area (Å²) in [5, 5.41) is 4.60. The SMILES string of the molecule is CN(Cc1ccccc1OC(F)(F)F)C(=O)c1cnn(-c2ccccc2Cl)c1. The molecule has 0 fully saturated rings. The highest BCUT2D eigenvalue weighted by Gasteiger charge is 2.32. The van der Waals surface area contributed by atoms with Crippen LogP contribution in [0.3, 0.4) is 0 Å². The normalized spacial score (nSPS) is 11.3.